The van der Waals surface area contributed by atoms with Crippen molar-refractivity contribution >= 4 is 17.3 Å². The van der Waals surface area contributed by atoms with Crippen molar-refractivity contribution in [2.24, 2.45) is 0 Å². The minimum absolute atomic E-state index is 0.328. The molecule has 1 aromatic heterocycles. The van der Waals surface area contributed by atoms with E-state index < -0.39 is 0 Å². The quantitative estimate of drug-likeness (QED) is 0.891. The van der Waals surface area contributed by atoms with E-state index in [2.05, 4.69) is 15.6 Å². The molecule has 1 aromatic carbocycles. The van der Waals surface area contributed by atoms with Crippen LogP contribution < -0.4 is 10.6 Å². The summed E-state index contributed by atoms with van der Waals surface area (Å²) in [7, 11) is 1.72. The molecular formula is C14H14FN3O. The Hall–Kier alpha value is -2.43. The molecule has 0 saturated carbocycles. The molecule has 5 heteroatoms. The largest absolute Gasteiger partial charge is 0.387 e. The second kappa shape index (κ2) is 5.48. The van der Waals surface area contributed by atoms with Gasteiger partial charge < -0.3 is 10.6 Å². The third-order valence-corrected chi connectivity index (χ3v) is 2.85. The molecule has 1 heterocycles. The molecule has 0 bridgehead atoms. The number of pyridine rings is 1. The second-order valence-electron chi connectivity index (χ2n) is 4.04. The number of anilines is 2. The van der Waals surface area contributed by atoms with Crippen molar-refractivity contribution in [3.05, 3.63) is 53.6 Å². The van der Waals surface area contributed by atoms with Crippen LogP contribution in [0.15, 0.2) is 36.7 Å². The van der Waals surface area contributed by atoms with Gasteiger partial charge in [0.2, 0.25) is 0 Å². The van der Waals surface area contributed by atoms with E-state index >= 15 is 0 Å². The molecule has 0 unspecified atom stereocenters. The Kier molecular flexibility index (Phi) is 3.75. The molecule has 2 rings (SSSR count). The van der Waals surface area contributed by atoms with Crippen LogP contribution in [-0.2, 0) is 0 Å². The number of nitrogens with one attached hydrogen (secondary N) is 2. The lowest BCUT2D eigenvalue weighted by Gasteiger charge is -2.11. The third kappa shape index (κ3) is 2.70. The number of hydrogen-bond acceptors (Lipinski definition) is 3. The molecule has 0 atom stereocenters. The highest BCUT2D eigenvalue weighted by Crippen LogP contribution is 2.20. The van der Waals surface area contributed by atoms with Crippen LogP contribution >= 0.6 is 0 Å². The Morgan fingerprint density at radius 2 is 2.05 bits per heavy atom. The summed E-state index contributed by atoms with van der Waals surface area (Å²) in [4.78, 5) is 16.1. The molecule has 0 radical (unpaired) electrons. The van der Waals surface area contributed by atoms with E-state index in [0.29, 0.717) is 22.5 Å². The molecule has 4 nitrogen and oxygen atoms in total. The highest BCUT2D eigenvalue weighted by Gasteiger charge is 2.13. The lowest BCUT2D eigenvalue weighted by molar-refractivity contribution is 0.102. The van der Waals surface area contributed by atoms with Crippen LogP contribution in [0.25, 0.3) is 0 Å². The van der Waals surface area contributed by atoms with E-state index in [-0.39, 0.29) is 11.7 Å². The maximum atomic E-state index is 13.4. The van der Waals surface area contributed by atoms with Gasteiger partial charge in [-0.1, -0.05) is 6.07 Å². The number of hydrogen-bond donors (Lipinski definition) is 2. The summed E-state index contributed by atoms with van der Waals surface area (Å²) >= 11 is 0. The van der Waals surface area contributed by atoms with E-state index in [9.17, 15) is 9.18 Å². The topological polar surface area (TPSA) is 54.0 Å². The van der Waals surface area contributed by atoms with Crippen molar-refractivity contribution in [3.8, 4) is 0 Å². The van der Waals surface area contributed by atoms with Crippen molar-refractivity contribution in [2.45, 2.75) is 6.92 Å². The Morgan fingerprint density at radius 1 is 1.26 bits per heavy atom. The fraction of sp³-hybridized carbons (Fsp3) is 0.143. The van der Waals surface area contributed by atoms with Crippen molar-refractivity contribution < 1.29 is 9.18 Å². The molecule has 2 aromatic rings. The number of aromatic nitrogens is 1. The molecular weight excluding hydrogens is 245 g/mol. The lowest BCUT2D eigenvalue weighted by atomic mass is 10.1. The van der Waals surface area contributed by atoms with Crippen molar-refractivity contribution in [1.29, 1.82) is 0 Å². The maximum absolute atomic E-state index is 13.4. The average molecular weight is 259 g/mol. The van der Waals surface area contributed by atoms with Gasteiger partial charge in [0.05, 0.1) is 5.56 Å². The van der Waals surface area contributed by atoms with Gasteiger partial charge in [-0.3, -0.25) is 9.78 Å². The van der Waals surface area contributed by atoms with E-state index in [4.69, 9.17) is 0 Å². The molecule has 2 N–H and O–H groups in total. The summed E-state index contributed by atoms with van der Waals surface area (Å²) in [5.41, 5.74) is 1.94. The second-order valence-corrected chi connectivity index (χ2v) is 4.04. The summed E-state index contributed by atoms with van der Waals surface area (Å²) in [5, 5.41) is 5.60. The van der Waals surface area contributed by atoms with Gasteiger partial charge in [0.15, 0.2) is 0 Å². The average Bonchev–Trinajstić information content (AvgIpc) is 2.43. The number of nitrogens with zero attached hydrogens (tertiary/aromatic N) is 1. The predicted octanol–water partition coefficient (Wildman–Crippen LogP) is 2.82. The maximum Gasteiger partial charge on any atom is 0.259 e. The zero-order valence-electron chi connectivity index (χ0n) is 10.7. The first-order valence-corrected chi connectivity index (χ1v) is 5.81. The fourth-order valence-electron chi connectivity index (χ4n) is 1.73. The lowest BCUT2D eigenvalue weighted by Crippen LogP contribution is -2.15. The van der Waals surface area contributed by atoms with Crippen LogP contribution in [0.3, 0.4) is 0 Å². The van der Waals surface area contributed by atoms with Crippen LogP contribution in [0.4, 0.5) is 15.8 Å². The van der Waals surface area contributed by atoms with E-state index in [1.807, 2.05) is 0 Å². The van der Waals surface area contributed by atoms with Crippen molar-refractivity contribution in [3.63, 3.8) is 0 Å². The van der Waals surface area contributed by atoms with Crippen LogP contribution in [-0.4, -0.2) is 17.9 Å². The van der Waals surface area contributed by atoms with Gasteiger partial charge in [-0.05, 0) is 25.1 Å². The van der Waals surface area contributed by atoms with Gasteiger partial charge in [-0.2, -0.15) is 0 Å². The highest BCUT2D eigenvalue weighted by molar-refractivity contribution is 6.08. The van der Waals surface area contributed by atoms with E-state index in [0.717, 1.165) is 0 Å². The number of carbonyl (C=O) groups is 1. The minimum Gasteiger partial charge on any atom is -0.387 e. The Balaban J connectivity index is 2.28. The Morgan fingerprint density at radius 3 is 2.79 bits per heavy atom. The standard InChI is InChI=1S/C14H14FN3O/c1-9-11(15)4-3-5-12(9)18-14(19)10-8-17-7-6-13(10)16-2/h3-8H,1-2H3,(H,16,17)(H,18,19). The highest BCUT2D eigenvalue weighted by atomic mass is 19.1. The normalized spacial score (nSPS) is 10.1. The summed E-state index contributed by atoms with van der Waals surface area (Å²) in [6.07, 6.45) is 3.06. The predicted molar refractivity (Wildman–Crippen MR) is 72.9 cm³/mol. The Bertz CT molecular complexity index is 613. The SMILES string of the molecule is CNc1ccncc1C(=O)Nc1cccc(F)c1C. The number of amides is 1. The van der Waals surface area contributed by atoms with Gasteiger partial charge in [0, 0.05) is 36.4 Å². The fourth-order valence-corrected chi connectivity index (χ4v) is 1.73. The summed E-state index contributed by atoms with van der Waals surface area (Å²) in [6.45, 7) is 1.62. The summed E-state index contributed by atoms with van der Waals surface area (Å²) < 4.78 is 13.4. The van der Waals surface area contributed by atoms with Gasteiger partial charge in [0.1, 0.15) is 5.82 Å². The zero-order valence-corrected chi connectivity index (χ0v) is 10.7. The summed E-state index contributed by atoms with van der Waals surface area (Å²) in [5.74, 6) is -0.677. The number of halogens is 1. The minimum atomic E-state index is -0.349. The van der Waals surface area contributed by atoms with Gasteiger partial charge in [-0.25, -0.2) is 4.39 Å². The van der Waals surface area contributed by atoms with Crippen LogP contribution in [0.5, 0.6) is 0 Å². The van der Waals surface area contributed by atoms with Crippen molar-refractivity contribution in [1.82, 2.24) is 4.98 Å². The third-order valence-electron chi connectivity index (χ3n) is 2.85. The zero-order chi connectivity index (χ0) is 13.8. The molecule has 0 fully saturated rings. The van der Waals surface area contributed by atoms with Crippen LogP contribution in [0, 0.1) is 12.7 Å². The monoisotopic (exact) mass is 259 g/mol. The molecule has 19 heavy (non-hydrogen) atoms. The van der Waals surface area contributed by atoms with E-state index in [1.165, 1.54) is 12.3 Å². The number of rotatable bonds is 3. The van der Waals surface area contributed by atoms with Crippen molar-refractivity contribution in [2.75, 3.05) is 17.7 Å². The molecule has 98 valence electrons. The number of benzene rings is 1. The summed E-state index contributed by atoms with van der Waals surface area (Å²) in [6, 6.07) is 6.27. The van der Waals surface area contributed by atoms with Crippen LogP contribution in [0.1, 0.15) is 15.9 Å². The molecule has 0 aliphatic heterocycles. The van der Waals surface area contributed by atoms with Gasteiger partial charge in [-0.15, -0.1) is 0 Å². The van der Waals surface area contributed by atoms with Gasteiger partial charge >= 0.3 is 0 Å². The smallest absolute Gasteiger partial charge is 0.259 e. The number of carbonyl (C=O) groups excluding carboxylic acids is 1. The molecule has 0 saturated heterocycles. The Labute approximate surface area is 110 Å². The molecule has 0 aliphatic carbocycles. The first-order valence-electron chi connectivity index (χ1n) is 5.81. The first kappa shape index (κ1) is 13.0. The molecule has 0 spiro atoms. The molecule has 0 aliphatic rings. The van der Waals surface area contributed by atoms with Crippen LogP contribution in [0.2, 0.25) is 0 Å². The molecule has 1 amide bonds. The van der Waals surface area contributed by atoms with Gasteiger partial charge in [0.25, 0.3) is 5.91 Å². The first-order chi connectivity index (χ1) is 9.13. The van der Waals surface area contributed by atoms with E-state index in [1.54, 1.807) is 38.4 Å².